The Kier molecular flexibility index (Phi) is 6.73. The van der Waals surface area contributed by atoms with Crippen molar-refractivity contribution in [2.24, 2.45) is 5.92 Å². The highest BCUT2D eigenvalue weighted by molar-refractivity contribution is 7.80. The van der Waals surface area contributed by atoms with Gasteiger partial charge in [0.05, 0.1) is 6.54 Å². The second-order valence-electron chi connectivity index (χ2n) is 8.99. The molecular formula is C22H33N5O2S. The fourth-order valence-electron chi connectivity index (χ4n) is 5.22. The molecule has 3 atom stereocenters. The number of fused-ring (bicyclic) bond motifs is 4. The van der Waals surface area contributed by atoms with Crippen LogP contribution in [0.1, 0.15) is 44.2 Å². The normalized spacial score (nSPS) is 26.0. The molecule has 4 heterocycles. The van der Waals surface area contributed by atoms with Gasteiger partial charge in [0.2, 0.25) is 5.91 Å². The first kappa shape index (κ1) is 21.3. The summed E-state index contributed by atoms with van der Waals surface area (Å²) >= 11 is 5.58. The molecule has 0 aliphatic carbocycles. The Bertz CT molecular complexity index is 841. The fourth-order valence-corrected chi connectivity index (χ4v) is 5.44. The van der Waals surface area contributed by atoms with Crippen molar-refractivity contribution >= 4 is 23.2 Å². The average Bonchev–Trinajstić information content (AvgIpc) is 2.74. The van der Waals surface area contributed by atoms with Crippen molar-refractivity contribution < 1.29 is 4.79 Å². The summed E-state index contributed by atoms with van der Waals surface area (Å²) in [7, 11) is 0. The second-order valence-corrected chi connectivity index (χ2v) is 9.38. The minimum Gasteiger partial charge on any atom is -0.354 e. The van der Waals surface area contributed by atoms with Gasteiger partial charge in [-0.05, 0) is 56.9 Å². The van der Waals surface area contributed by atoms with E-state index in [1.54, 1.807) is 6.07 Å². The Morgan fingerprint density at radius 2 is 2.07 bits per heavy atom. The number of thiocarbonyl (C=S) groups is 1. The molecule has 0 aromatic carbocycles. The van der Waals surface area contributed by atoms with Gasteiger partial charge in [0.25, 0.3) is 5.56 Å². The lowest BCUT2D eigenvalue weighted by molar-refractivity contribution is -0.120. The standard InChI is InChI=1S/C22H33N5O2S/c1-16-5-2-3-9-25(16)10-8-23-20(28)12-24-22(30)26-13-17-11-18(15-26)19-6-4-7-21(29)27(19)14-17/h4,6-7,16-18H,2-3,5,8-15H2,1H3,(H,23,28)(H,24,30). The van der Waals surface area contributed by atoms with Crippen molar-refractivity contribution in [2.45, 2.75) is 51.1 Å². The number of pyridine rings is 1. The average molecular weight is 432 g/mol. The van der Waals surface area contributed by atoms with Crippen LogP contribution in [-0.2, 0) is 11.3 Å². The molecule has 1 amide bonds. The highest BCUT2D eigenvalue weighted by Crippen LogP contribution is 2.34. The molecule has 0 radical (unpaired) electrons. The lowest BCUT2D eigenvalue weighted by Crippen LogP contribution is -2.53. The van der Waals surface area contributed by atoms with Gasteiger partial charge >= 0.3 is 0 Å². The summed E-state index contributed by atoms with van der Waals surface area (Å²) in [5.41, 5.74) is 1.20. The number of aromatic nitrogens is 1. The molecule has 1 aromatic heterocycles. The number of carbonyl (C=O) groups is 1. The number of hydrogen-bond donors (Lipinski definition) is 2. The summed E-state index contributed by atoms with van der Waals surface area (Å²) in [5.74, 6) is 0.707. The zero-order chi connectivity index (χ0) is 21.1. The number of rotatable bonds is 5. The van der Waals surface area contributed by atoms with Gasteiger partial charge in [0, 0.05) is 56.4 Å². The lowest BCUT2D eigenvalue weighted by atomic mass is 9.83. The van der Waals surface area contributed by atoms with Crippen LogP contribution in [0.15, 0.2) is 23.0 Å². The van der Waals surface area contributed by atoms with Gasteiger partial charge in [-0.25, -0.2) is 0 Å². The van der Waals surface area contributed by atoms with Crippen molar-refractivity contribution in [1.29, 1.82) is 0 Å². The molecule has 2 bridgehead atoms. The van der Waals surface area contributed by atoms with E-state index in [1.165, 1.54) is 19.3 Å². The first-order valence-corrected chi connectivity index (χ1v) is 11.7. The van der Waals surface area contributed by atoms with E-state index in [1.807, 2.05) is 10.6 Å². The largest absolute Gasteiger partial charge is 0.354 e. The first-order valence-electron chi connectivity index (χ1n) is 11.2. The van der Waals surface area contributed by atoms with E-state index in [-0.39, 0.29) is 18.0 Å². The van der Waals surface area contributed by atoms with Crippen molar-refractivity contribution in [3.8, 4) is 0 Å². The number of piperidine rings is 2. The van der Waals surface area contributed by atoms with Crippen LogP contribution in [0.3, 0.4) is 0 Å². The number of hydrogen-bond acceptors (Lipinski definition) is 4. The molecule has 7 nitrogen and oxygen atoms in total. The molecule has 2 N–H and O–H groups in total. The maximum atomic E-state index is 12.2. The Balaban J connectivity index is 1.22. The van der Waals surface area contributed by atoms with Crippen molar-refractivity contribution in [1.82, 2.24) is 25.0 Å². The van der Waals surface area contributed by atoms with Crippen LogP contribution in [0, 0.1) is 5.92 Å². The van der Waals surface area contributed by atoms with Gasteiger partial charge in [0.1, 0.15) is 0 Å². The predicted molar refractivity (Wildman–Crippen MR) is 122 cm³/mol. The van der Waals surface area contributed by atoms with Crippen LogP contribution in [0.5, 0.6) is 0 Å². The van der Waals surface area contributed by atoms with Crippen molar-refractivity contribution in [2.75, 3.05) is 39.3 Å². The molecule has 0 spiro atoms. The zero-order valence-electron chi connectivity index (χ0n) is 17.8. The van der Waals surface area contributed by atoms with E-state index in [9.17, 15) is 9.59 Å². The molecule has 4 rings (SSSR count). The van der Waals surface area contributed by atoms with Gasteiger partial charge in [-0.1, -0.05) is 12.5 Å². The number of nitrogens with zero attached hydrogens (tertiary/aromatic N) is 3. The van der Waals surface area contributed by atoms with Gasteiger partial charge in [-0.3, -0.25) is 14.5 Å². The van der Waals surface area contributed by atoms with E-state index < -0.39 is 0 Å². The minimum atomic E-state index is -0.0175. The highest BCUT2D eigenvalue weighted by atomic mass is 32.1. The molecule has 3 aliphatic rings. The summed E-state index contributed by atoms with van der Waals surface area (Å²) < 4.78 is 1.92. The van der Waals surface area contributed by atoms with Crippen LogP contribution in [0.25, 0.3) is 0 Å². The van der Waals surface area contributed by atoms with E-state index in [2.05, 4.69) is 33.4 Å². The van der Waals surface area contributed by atoms with E-state index in [0.29, 0.717) is 29.5 Å². The second kappa shape index (κ2) is 9.47. The van der Waals surface area contributed by atoms with E-state index in [0.717, 1.165) is 44.8 Å². The maximum Gasteiger partial charge on any atom is 0.250 e. The van der Waals surface area contributed by atoms with E-state index in [4.69, 9.17) is 12.2 Å². The van der Waals surface area contributed by atoms with Crippen LogP contribution >= 0.6 is 12.2 Å². The summed E-state index contributed by atoms with van der Waals surface area (Å²) in [6.45, 7) is 7.56. The summed E-state index contributed by atoms with van der Waals surface area (Å²) in [5, 5.41) is 6.78. The van der Waals surface area contributed by atoms with Crippen molar-refractivity contribution in [3.05, 3.63) is 34.2 Å². The third-order valence-electron chi connectivity index (χ3n) is 6.83. The lowest BCUT2D eigenvalue weighted by Gasteiger charge is -2.43. The minimum absolute atomic E-state index is 0.0175. The van der Waals surface area contributed by atoms with Gasteiger partial charge in [0.15, 0.2) is 5.11 Å². The maximum absolute atomic E-state index is 12.2. The smallest absolute Gasteiger partial charge is 0.250 e. The topological polar surface area (TPSA) is 69.6 Å². The number of likely N-dealkylation sites (tertiary alicyclic amines) is 2. The van der Waals surface area contributed by atoms with Crippen LogP contribution in [0.4, 0.5) is 0 Å². The molecule has 3 unspecified atom stereocenters. The fraction of sp³-hybridized carbons (Fsp3) is 0.682. The van der Waals surface area contributed by atoms with E-state index >= 15 is 0 Å². The molecule has 30 heavy (non-hydrogen) atoms. The molecule has 164 valence electrons. The Morgan fingerprint density at radius 3 is 2.90 bits per heavy atom. The van der Waals surface area contributed by atoms with Crippen molar-refractivity contribution in [3.63, 3.8) is 0 Å². The Hall–Kier alpha value is -1.93. The van der Waals surface area contributed by atoms with Gasteiger partial charge < -0.3 is 20.1 Å². The molecule has 3 aliphatic heterocycles. The zero-order valence-corrected chi connectivity index (χ0v) is 18.6. The van der Waals surface area contributed by atoms with Gasteiger partial charge in [-0.2, -0.15) is 0 Å². The van der Waals surface area contributed by atoms with Crippen LogP contribution in [-0.4, -0.2) is 70.7 Å². The third-order valence-corrected chi connectivity index (χ3v) is 7.23. The molecule has 2 saturated heterocycles. The quantitative estimate of drug-likeness (QED) is 0.682. The van der Waals surface area contributed by atoms with Crippen LogP contribution in [0.2, 0.25) is 0 Å². The SMILES string of the molecule is CC1CCCCN1CCNC(=O)CNC(=S)N1CC2CC(C1)c1cccc(=O)n1C2. The number of nitrogens with one attached hydrogen (secondary N) is 2. The Morgan fingerprint density at radius 1 is 1.20 bits per heavy atom. The first-order chi connectivity index (χ1) is 14.5. The van der Waals surface area contributed by atoms with Crippen LogP contribution < -0.4 is 16.2 Å². The molecule has 0 saturated carbocycles. The summed E-state index contributed by atoms with van der Waals surface area (Å²) in [6, 6.07) is 6.15. The monoisotopic (exact) mass is 431 g/mol. The summed E-state index contributed by atoms with van der Waals surface area (Å²) in [6.07, 6.45) is 4.91. The molecule has 1 aromatic rings. The molecule has 8 heteroatoms. The molecule has 2 fully saturated rings. The Labute approximate surface area is 183 Å². The predicted octanol–water partition coefficient (Wildman–Crippen LogP) is 1.13. The number of amides is 1. The third kappa shape index (κ3) is 4.86. The summed E-state index contributed by atoms with van der Waals surface area (Å²) in [4.78, 5) is 29.0. The molecular weight excluding hydrogens is 398 g/mol. The number of carbonyl (C=O) groups excluding carboxylic acids is 1. The van der Waals surface area contributed by atoms with Gasteiger partial charge in [-0.15, -0.1) is 0 Å². The highest BCUT2D eigenvalue weighted by Gasteiger charge is 2.35.